The standard InChI is InChI=1S/C10H23NO/c1-4-5-7-11-9-10(2,3)6-8-12/h11-12H,4-9H2,1-3H3. The normalized spacial score (nSPS) is 12.0. The van der Waals surface area contributed by atoms with E-state index in [1.54, 1.807) is 0 Å². The minimum absolute atomic E-state index is 0.239. The van der Waals surface area contributed by atoms with Crippen molar-refractivity contribution >= 4 is 0 Å². The van der Waals surface area contributed by atoms with Crippen molar-refractivity contribution in [1.82, 2.24) is 5.32 Å². The van der Waals surface area contributed by atoms with E-state index in [-0.39, 0.29) is 5.41 Å². The first-order valence-electron chi connectivity index (χ1n) is 4.94. The van der Waals surface area contributed by atoms with Crippen LogP contribution in [0, 0.1) is 5.41 Å². The second kappa shape index (κ2) is 6.44. The quantitative estimate of drug-likeness (QED) is 0.575. The van der Waals surface area contributed by atoms with Crippen LogP contribution in [-0.2, 0) is 0 Å². The molecule has 0 spiro atoms. The molecule has 0 saturated carbocycles. The number of nitrogens with one attached hydrogen (secondary N) is 1. The molecule has 0 unspecified atom stereocenters. The summed E-state index contributed by atoms with van der Waals surface area (Å²) in [5.74, 6) is 0. The predicted octanol–water partition coefficient (Wildman–Crippen LogP) is 1.78. The smallest absolute Gasteiger partial charge is 0.0436 e. The van der Waals surface area contributed by atoms with Gasteiger partial charge in [-0.15, -0.1) is 0 Å². The van der Waals surface area contributed by atoms with Gasteiger partial charge in [-0.3, -0.25) is 0 Å². The maximum Gasteiger partial charge on any atom is 0.0436 e. The molecule has 2 nitrogen and oxygen atoms in total. The summed E-state index contributed by atoms with van der Waals surface area (Å²) in [5.41, 5.74) is 0.239. The van der Waals surface area contributed by atoms with Gasteiger partial charge in [0, 0.05) is 13.2 Å². The Labute approximate surface area is 76.4 Å². The summed E-state index contributed by atoms with van der Waals surface area (Å²) in [6.07, 6.45) is 3.37. The van der Waals surface area contributed by atoms with Gasteiger partial charge in [0.15, 0.2) is 0 Å². The molecule has 0 heterocycles. The van der Waals surface area contributed by atoms with Gasteiger partial charge in [0.25, 0.3) is 0 Å². The third-order valence-electron chi connectivity index (χ3n) is 2.10. The second-order valence-corrected chi connectivity index (χ2v) is 4.17. The molecule has 0 aromatic rings. The second-order valence-electron chi connectivity index (χ2n) is 4.17. The van der Waals surface area contributed by atoms with Gasteiger partial charge in [0.1, 0.15) is 0 Å². The number of rotatable bonds is 7. The molecule has 0 saturated heterocycles. The van der Waals surface area contributed by atoms with Crippen LogP contribution in [0.3, 0.4) is 0 Å². The molecule has 0 fully saturated rings. The van der Waals surface area contributed by atoms with Crippen LogP contribution in [-0.4, -0.2) is 24.8 Å². The minimum Gasteiger partial charge on any atom is -0.396 e. The van der Waals surface area contributed by atoms with Gasteiger partial charge in [0.2, 0.25) is 0 Å². The Morgan fingerprint density at radius 1 is 1.33 bits per heavy atom. The third-order valence-corrected chi connectivity index (χ3v) is 2.10. The molecule has 0 aromatic heterocycles. The molecule has 0 aliphatic carbocycles. The van der Waals surface area contributed by atoms with Crippen molar-refractivity contribution < 1.29 is 5.11 Å². The van der Waals surface area contributed by atoms with Crippen molar-refractivity contribution in [3.05, 3.63) is 0 Å². The summed E-state index contributed by atoms with van der Waals surface area (Å²) in [7, 11) is 0. The lowest BCUT2D eigenvalue weighted by molar-refractivity contribution is 0.207. The van der Waals surface area contributed by atoms with Gasteiger partial charge < -0.3 is 10.4 Å². The van der Waals surface area contributed by atoms with Crippen molar-refractivity contribution in [3.63, 3.8) is 0 Å². The van der Waals surface area contributed by atoms with E-state index in [1.807, 2.05) is 0 Å². The molecular weight excluding hydrogens is 150 g/mol. The van der Waals surface area contributed by atoms with Crippen molar-refractivity contribution in [3.8, 4) is 0 Å². The maximum absolute atomic E-state index is 8.78. The third kappa shape index (κ3) is 6.62. The number of unbranched alkanes of at least 4 members (excludes halogenated alkanes) is 1. The molecule has 0 aliphatic heterocycles. The van der Waals surface area contributed by atoms with Gasteiger partial charge in [-0.2, -0.15) is 0 Å². The van der Waals surface area contributed by atoms with Crippen LogP contribution in [0.25, 0.3) is 0 Å². The van der Waals surface area contributed by atoms with Crippen LogP contribution >= 0.6 is 0 Å². The summed E-state index contributed by atoms with van der Waals surface area (Å²) in [6, 6.07) is 0. The first-order valence-corrected chi connectivity index (χ1v) is 4.94. The fourth-order valence-corrected chi connectivity index (χ4v) is 1.12. The highest BCUT2D eigenvalue weighted by molar-refractivity contribution is 4.70. The fraction of sp³-hybridized carbons (Fsp3) is 1.00. The van der Waals surface area contributed by atoms with Crippen molar-refractivity contribution in [2.45, 2.75) is 40.0 Å². The van der Waals surface area contributed by atoms with Crippen molar-refractivity contribution in [2.24, 2.45) is 5.41 Å². The van der Waals surface area contributed by atoms with E-state index in [4.69, 9.17) is 5.11 Å². The Morgan fingerprint density at radius 3 is 2.50 bits per heavy atom. The molecule has 0 rings (SSSR count). The van der Waals surface area contributed by atoms with E-state index < -0.39 is 0 Å². The predicted molar refractivity (Wildman–Crippen MR) is 53.3 cm³/mol. The number of aliphatic hydroxyl groups is 1. The summed E-state index contributed by atoms with van der Waals surface area (Å²) in [5, 5.41) is 12.2. The van der Waals surface area contributed by atoms with Crippen LogP contribution in [0.2, 0.25) is 0 Å². The minimum atomic E-state index is 0.239. The Balaban J connectivity index is 3.33. The molecule has 74 valence electrons. The lowest BCUT2D eigenvalue weighted by atomic mass is 9.90. The van der Waals surface area contributed by atoms with Crippen molar-refractivity contribution in [2.75, 3.05) is 19.7 Å². The first-order chi connectivity index (χ1) is 5.62. The van der Waals surface area contributed by atoms with Gasteiger partial charge in [0.05, 0.1) is 0 Å². The number of aliphatic hydroxyl groups excluding tert-OH is 1. The van der Waals surface area contributed by atoms with Gasteiger partial charge >= 0.3 is 0 Å². The zero-order chi connectivity index (χ0) is 9.45. The molecule has 12 heavy (non-hydrogen) atoms. The highest BCUT2D eigenvalue weighted by Gasteiger charge is 2.15. The molecule has 0 radical (unpaired) electrons. The Bertz CT molecular complexity index is 102. The van der Waals surface area contributed by atoms with E-state index in [0.29, 0.717) is 6.61 Å². The van der Waals surface area contributed by atoms with E-state index in [1.165, 1.54) is 12.8 Å². The molecule has 2 heteroatoms. The van der Waals surface area contributed by atoms with Crippen LogP contribution in [0.15, 0.2) is 0 Å². The van der Waals surface area contributed by atoms with Gasteiger partial charge in [-0.1, -0.05) is 27.2 Å². The summed E-state index contributed by atoms with van der Waals surface area (Å²) >= 11 is 0. The van der Waals surface area contributed by atoms with Gasteiger partial charge in [-0.05, 0) is 24.8 Å². The zero-order valence-corrected chi connectivity index (χ0v) is 8.69. The summed E-state index contributed by atoms with van der Waals surface area (Å²) < 4.78 is 0. The number of hydrogen-bond donors (Lipinski definition) is 2. The number of hydrogen-bond acceptors (Lipinski definition) is 2. The van der Waals surface area contributed by atoms with Crippen LogP contribution in [0.5, 0.6) is 0 Å². The topological polar surface area (TPSA) is 32.3 Å². The summed E-state index contributed by atoms with van der Waals surface area (Å²) in [4.78, 5) is 0. The Morgan fingerprint density at radius 2 is 2.00 bits per heavy atom. The van der Waals surface area contributed by atoms with E-state index in [0.717, 1.165) is 19.5 Å². The highest BCUT2D eigenvalue weighted by Crippen LogP contribution is 2.17. The Kier molecular flexibility index (Phi) is 6.39. The maximum atomic E-state index is 8.78. The van der Waals surface area contributed by atoms with E-state index in [2.05, 4.69) is 26.1 Å². The van der Waals surface area contributed by atoms with E-state index in [9.17, 15) is 0 Å². The lowest BCUT2D eigenvalue weighted by Crippen LogP contribution is -2.30. The largest absolute Gasteiger partial charge is 0.396 e. The monoisotopic (exact) mass is 173 g/mol. The van der Waals surface area contributed by atoms with E-state index >= 15 is 0 Å². The SMILES string of the molecule is CCCCNCC(C)(C)CCO. The average molecular weight is 173 g/mol. The zero-order valence-electron chi connectivity index (χ0n) is 8.69. The molecule has 0 atom stereocenters. The average Bonchev–Trinajstić information content (AvgIpc) is 1.98. The Hall–Kier alpha value is -0.0800. The lowest BCUT2D eigenvalue weighted by Gasteiger charge is -2.23. The highest BCUT2D eigenvalue weighted by atomic mass is 16.3. The van der Waals surface area contributed by atoms with Gasteiger partial charge in [-0.25, -0.2) is 0 Å². The molecule has 2 N–H and O–H groups in total. The molecule has 0 aliphatic rings. The molecular formula is C10H23NO. The first kappa shape index (κ1) is 11.9. The molecule has 0 amide bonds. The van der Waals surface area contributed by atoms with Crippen LogP contribution < -0.4 is 5.32 Å². The summed E-state index contributed by atoms with van der Waals surface area (Å²) in [6.45, 7) is 8.96. The van der Waals surface area contributed by atoms with Crippen molar-refractivity contribution in [1.29, 1.82) is 0 Å². The molecule has 0 aromatic carbocycles. The fourth-order valence-electron chi connectivity index (χ4n) is 1.12. The molecule has 0 bridgehead atoms. The van der Waals surface area contributed by atoms with Crippen LogP contribution in [0.1, 0.15) is 40.0 Å². The van der Waals surface area contributed by atoms with Crippen LogP contribution in [0.4, 0.5) is 0 Å².